The largest absolute Gasteiger partial charge is 0.311 e. The highest BCUT2D eigenvalue weighted by Gasteiger charge is 2.33. The van der Waals surface area contributed by atoms with Crippen molar-refractivity contribution in [1.82, 2.24) is 10.6 Å². The van der Waals surface area contributed by atoms with Crippen LogP contribution < -0.4 is 10.6 Å². The van der Waals surface area contributed by atoms with Crippen LogP contribution in [-0.2, 0) is 6.42 Å². The molecule has 1 aromatic carbocycles. The minimum absolute atomic E-state index is 0.0161. The number of hydrogen-bond acceptors (Lipinski definition) is 2. The monoisotopic (exact) mass is 248 g/mol. The van der Waals surface area contributed by atoms with Crippen molar-refractivity contribution >= 4 is 0 Å². The predicted octanol–water partition coefficient (Wildman–Crippen LogP) is 2.35. The van der Waals surface area contributed by atoms with Crippen LogP contribution in [0.1, 0.15) is 36.4 Å². The Kier molecular flexibility index (Phi) is 3.62. The van der Waals surface area contributed by atoms with E-state index in [9.17, 15) is 4.39 Å². The van der Waals surface area contributed by atoms with Gasteiger partial charge in [-0.1, -0.05) is 30.7 Å². The number of piperidine rings is 1. The Balaban J connectivity index is 1.80. The minimum atomic E-state index is -0.827. The van der Waals surface area contributed by atoms with Crippen LogP contribution in [0.25, 0.3) is 0 Å². The molecule has 0 amide bonds. The van der Waals surface area contributed by atoms with Crippen LogP contribution >= 0.6 is 0 Å². The van der Waals surface area contributed by atoms with Crippen LogP contribution in [0.2, 0.25) is 0 Å². The van der Waals surface area contributed by atoms with Crippen molar-refractivity contribution in [2.45, 2.75) is 43.9 Å². The van der Waals surface area contributed by atoms with Crippen LogP contribution in [-0.4, -0.2) is 25.3 Å². The molecule has 2 aliphatic heterocycles. The summed E-state index contributed by atoms with van der Waals surface area (Å²) in [5.41, 5.74) is 2.46. The summed E-state index contributed by atoms with van der Waals surface area (Å²) >= 11 is 0. The van der Waals surface area contributed by atoms with Gasteiger partial charge in [-0.3, -0.25) is 0 Å². The highest BCUT2D eigenvalue weighted by atomic mass is 19.1. The molecular formula is C15H21FN2. The zero-order valence-corrected chi connectivity index (χ0v) is 10.7. The molecule has 98 valence electrons. The lowest BCUT2D eigenvalue weighted by molar-refractivity contribution is 0.165. The van der Waals surface area contributed by atoms with E-state index in [1.807, 2.05) is 12.1 Å². The smallest absolute Gasteiger partial charge is 0.135 e. The fourth-order valence-corrected chi connectivity index (χ4v) is 3.20. The van der Waals surface area contributed by atoms with E-state index in [0.29, 0.717) is 0 Å². The molecule has 0 saturated carbocycles. The lowest BCUT2D eigenvalue weighted by atomic mass is 9.87. The Hall–Kier alpha value is -0.930. The van der Waals surface area contributed by atoms with Crippen LogP contribution in [0.4, 0.5) is 4.39 Å². The van der Waals surface area contributed by atoms with Crippen molar-refractivity contribution in [1.29, 1.82) is 0 Å². The van der Waals surface area contributed by atoms with E-state index < -0.39 is 6.17 Å². The molecule has 0 aromatic heterocycles. The molecule has 1 saturated heterocycles. The SMILES string of the molecule is FC(C1CCCCN1)C1NCCc2ccccc21. The second-order valence-corrected chi connectivity index (χ2v) is 5.38. The van der Waals surface area contributed by atoms with Gasteiger partial charge in [-0.2, -0.15) is 0 Å². The van der Waals surface area contributed by atoms with Gasteiger partial charge in [-0.05, 0) is 43.5 Å². The molecule has 3 unspecified atom stereocenters. The maximum atomic E-state index is 14.7. The number of hydrogen-bond donors (Lipinski definition) is 2. The Labute approximate surface area is 108 Å². The van der Waals surface area contributed by atoms with E-state index >= 15 is 0 Å². The van der Waals surface area contributed by atoms with Crippen LogP contribution in [0.3, 0.4) is 0 Å². The molecule has 0 spiro atoms. The van der Waals surface area contributed by atoms with Crippen molar-refractivity contribution in [3.8, 4) is 0 Å². The minimum Gasteiger partial charge on any atom is -0.311 e. The Bertz CT molecular complexity index is 401. The molecule has 3 rings (SSSR count). The van der Waals surface area contributed by atoms with Gasteiger partial charge in [0.25, 0.3) is 0 Å². The van der Waals surface area contributed by atoms with Gasteiger partial charge in [0.05, 0.1) is 6.04 Å². The summed E-state index contributed by atoms with van der Waals surface area (Å²) in [4.78, 5) is 0. The average molecular weight is 248 g/mol. The van der Waals surface area contributed by atoms with E-state index in [0.717, 1.165) is 37.9 Å². The molecule has 3 atom stereocenters. The quantitative estimate of drug-likeness (QED) is 0.839. The van der Waals surface area contributed by atoms with E-state index in [4.69, 9.17) is 0 Å². The molecule has 2 heterocycles. The molecule has 3 heteroatoms. The topological polar surface area (TPSA) is 24.1 Å². The first kappa shape index (κ1) is 12.1. The molecule has 18 heavy (non-hydrogen) atoms. The summed E-state index contributed by atoms with van der Waals surface area (Å²) in [5, 5.41) is 6.69. The molecule has 0 aliphatic carbocycles. The van der Waals surface area contributed by atoms with Crippen LogP contribution in [0.15, 0.2) is 24.3 Å². The third-order valence-corrected chi connectivity index (χ3v) is 4.20. The van der Waals surface area contributed by atoms with Crippen molar-refractivity contribution in [2.75, 3.05) is 13.1 Å². The predicted molar refractivity (Wildman–Crippen MR) is 71.4 cm³/mol. The van der Waals surface area contributed by atoms with Gasteiger partial charge < -0.3 is 10.6 Å². The van der Waals surface area contributed by atoms with E-state index in [2.05, 4.69) is 22.8 Å². The molecule has 0 radical (unpaired) electrons. The number of rotatable bonds is 2. The zero-order valence-electron chi connectivity index (χ0n) is 10.7. The van der Waals surface area contributed by atoms with Gasteiger partial charge in [0.15, 0.2) is 0 Å². The lowest BCUT2D eigenvalue weighted by Gasteiger charge is -2.35. The van der Waals surface area contributed by atoms with Crippen molar-refractivity contribution in [3.63, 3.8) is 0 Å². The number of fused-ring (bicyclic) bond motifs is 1. The van der Waals surface area contributed by atoms with Gasteiger partial charge in [-0.25, -0.2) is 4.39 Å². The molecule has 2 N–H and O–H groups in total. The summed E-state index contributed by atoms with van der Waals surface area (Å²) in [6.07, 6.45) is 3.47. The van der Waals surface area contributed by atoms with Crippen LogP contribution in [0, 0.1) is 0 Å². The van der Waals surface area contributed by atoms with Crippen molar-refractivity contribution in [3.05, 3.63) is 35.4 Å². The number of alkyl halides is 1. The van der Waals surface area contributed by atoms with Gasteiger partial charge in [0.1, 0.15) is 6.17 Å². The zero-order chi connectivity index (χ0) is 12.4. The fraction of sp³-hybridized carbons (Fsp3) is 0.600. The van der Waals surface area contributed by atoms with Crippen LogP contribution in [0.5, 0.6) is 0 Å². The summed E-state index contributed by atoms with van der Waals surface area (Å²) in [6, 6.07) is 8.15. The lowest BCUT2D eigenvalue weighted by Crippen LogP contribution is -2.48. The first-order valence-corrected chi connectivity index (χ1v) is 7.05. The van der Waals surface area contributed by atoms with Gasteiger partial charge in [0.2, 0.25) is 0 Å². The molecule has 1 aromatic rings. The van der Waals surface area contributed by atoms with Gasteiger partial charge >= 0.3 is 0 Å². The molecule has 0 bridgehead atoms. The Morgan fingerprint density at radius 3 is 2.83 bits per heavy atom. The van der Waals surface area contributed by atoms with Gasteiger partial charge in [0, 0.05) is 6.04 Å². The second kappa shape index (κ2) is 5.37. The molecule has 2 nitrogen and oxygen atoms in total. The number of halogens is 1. The van der Waals surface area contributed by atoms with Crippen molar-refractivity contribution < 1.29 is 4.39 Å². The van der Waals surface area contributed by atoms with Gasteiger partial charge in [-0.15, -0.1) is 0 Å². The van der Waals surface area contributed by atoms with E-state index in [1.54, 1.807) is 0 Å². The summed E-state index contributed by atoms with van der Waals surface area (Å²) in [7, 11) is 0. The first-order valence-electron chi connectivity index (χ1n) is 7.05. The summed E-state index contributed by atoms with van der Waals surface area (Å²) in [5.74, 6) is 0. The third kappa shape index (κ3) is 2.29. The second-order valence-electron chi connectivity index (χ2n) is 5.38. The Morgan fingerprint density at radius 1 is 1.11 bits per heavy atom. The fourth-order valence-electron chi connectivity index (χ4n) is 3.20. The normalized spacial score (nSPS) is 29.6. The molecule has 2 aliphatic rings. The highest BCUT2D eigenvalue weighted by molar-refractivity contribution is 5.33. The first-order chi connectivity index (χ1) is 8.86. The maximum absolute atomic E-state index is 14.7. The highest BCUT2D eigenvalue weighted by Crippen LogP contribution is 2.30. The summed E-state index contributed by atoms with van der Waals surface area (Å²) in [6.45, 7) is 1.84. The third-order valence-electron chi connectivity index (χ3n) is 4.20. The molecule has 1 fully saturated rings. The Morgan fingerprint density at radius 2 is 2.00 bits per heavy atom. The average Bonchev–Trinajstić information content (AvgIpc) is 2.47. The molecular weight excluding hydrogens is 227 g/mol. The van der Waals surface area contributed by atoms with E-state index in [-0.39, 0.29) is 12.1 Å². The number of benzene rings is 1. The maximum Gasteiger partial charge on any atom is 0.135 e. The van der Waals surface area contributed by atoms with Crippen molar-refractivity contribution in [2.24, 2.45) is 0 Å². The van der Waals surface area contributed by atoms with E-state index in [1.165, 1.54) is 12.0 Å². The standard InChI is InChI=1S/C15H21FN2/c16-14(13-7-3-4-9-17-13)15-12-6-2-1-5-11(12)8-10-18-15/h1-2,5-6,13-15,17-18H,3-4,7-10H2. The number of nitrogens with one attached hydrogen (secondary N) is 2. The summed E-state index contributed by atoms with van der Waals surface area (Å²) < 4.78 is 14.7.